The third-order valence-corrected chi connectivity index (χ3v) is 5.49. The highest BCUT2D eigenvalue weighted by atomic mass is 35.5. The van der Waals surface area contributed by atoms with Crippen LogP contribution >= 0.6 is 11.6 Å². The molecule has 0 fully saturated rings. The van der Waals surface area contributed by atoms with Crippen LogP contribution in [0.5, 0.6) is 11.5 Å². The zero-order valence-electron chi connectivity index (χ0n) is 15.4. The van der Waals surface area contributed by atoms with Gasteiger partial charge in [0.15, 0.2) is 11.5 Å². The smallest absolute Gasteiger partial charge is 0.254 e. The molecule has 2 aliphatic rings. The summed E-state index contributed by atoms with van der Waals surface area (Å²) < 4.78 is 24.1. The van der Waals surface area contributed by atoms with Crippen molar-refractivity contribution in [2.24, 2.45) is 5.92 Å². The van der Waals surface area contributed by atoms with Crippen LogP contribution in [0.1, 0.15) is 35.2 Å². The number of hydrogen-bond donors (Lipinski definition) is 0. The molecular weight excluding hydrogens is 381 g/mol. The number of carbonyl (C=O) groups excluding carboxylic acids is 1. The first-order valence-corrected chi connectivity index (χ1v) is 9.76. The summed E-state index contributed by atoms with van der Waals surface area (Å²) in [5, 5.41) is 0.326. The van der Waals surface area contributed by atoms with Crippen LogP contribution in [0.3, 0.4) is 0 Å². The topological polar surface area (TPSA) is 38.8 Å². The second kappa shape index (κ2) is 8.23. The minimum Gasteiger partial charge on any atom is -0.454 e. The number of benzene rings is 2. The number of amides is 1. The van der Waals surface area contributed by atoms with Gasteiger partial charge in [-0.3, -0.25) is 4.79 Å². The lowest BCUT2D eigenvalue weighted by molar-refractivity contribution is 0.0710. The van der Waals surface area contributed by atoms with Crippen LogP contribution in [0, 0.1) is 11.7 Å². The minimum atomic E-state index is -0.389. The zero-order valence-corrected chi connectivity index (χ0v) is 16.1. The molecule has 4 nitrogen and oxygen atoms in total. The van der Waals surface area contributed by atoms with Crippen molar-refractivity contribution in [3.8, 4) is 11.5 Å². The van der Waals surface area contributed by atoms with E-state index >= 15 is 0 Å². The number of rotatable bonds is 5. The summed E-state index contributed by atoms with van der Waals surface area (Å²) in [4.78, 5) is 15.1. The van der Waals surface area contributed by atoms with E-state index in [4.69, 9.17) is 21.1 Å². The summed E-state index contributed by atoms with van der Waals surface area (Å²) >= 11 is 6.22. The summed E-state index contributed by atoms with van der Waals surface area (Å²) in [5.74, 6) is 1.11. The minimum absolute atomic E-state index is 0.103. The molecule has 0 bridgehead atoms. The fraction of sp³-hybridized carbons (Fsp3) is 0.318. The summed E-state index contributed by atoms with van der Waals surface area (Å²) in [5.41, 5.74) is 1.26. The van der Waals surface area contributed by atoms with Gasteiger partial charge in [-0.1, -0.05) is 29.8 Å². The van der Waals surface area contributed by atoms with Crippen LogP contribution in [-0.2, 0) is 6.54 Å². The lowest BCUT2D eigenvalue weighted by atomic mass is 9.93. The number of carbonyl (C=O) groups is 1. The van der Waals surface area contributed by atoms with Crippen LogP contribution < -0.4 is 9.47 Å². The molecule has 1 unspecified atom stereocenters. The molecule has 1 heterocycles. The van der Waals surface area contributed by atoms with Gasteiger partial charge in [0.2, 0.25) is 6.79 Å². The lowest BCUT2D eigenvalue weighted by Gasteiger charge is -2.29. The van der Waals surface area contributed by atoms with Crippen LogP contribution in [-0.4, -0.2) is 24.1 Å². The predicted molar refractivity (Wildman–Crippen MR) is 105 cm³/mol. The molecule has 0 spiro atoms. The zero-order chi connectivity index (χ0) is 19.5. The Labute approximate surface area is 168 Å². The molecule has 4 rings (SSSR count). The number of allylic oxidation sites excluding steroid dienone is 2. The maximum absolute atomic E-state index is 13.4. The van der Waals surface area contributed by atoms with Crippen LogP contribution in [0.2, 0.25) is 5.02 Å². The third kappa shape index (κ3) is 4.14. The van der Waals surface area contributed by atoms with E-state index in [0.717, 1.165) is 24.8 Å². The van der Waals surface area contributed by atoms with E-state index in [1.54, 1.807) is 29.2 Å². The maximum Gasteiger partial charge on any atom is 0.254 e. The molecule has 6 heteroatoms. The van der Waals surface area contributed by atoms with E-state index in [2.05, 4.69) is 12.2 Å². The Balaban J connectivity index is 1.59. The first-order chi connectivity index (χ1) is 13.6. The number of fused-ring (bicyclic) bond motifs is 1. The standard InChI is InChI=1S/C22H21ClFNO3/c23-19-11-18(24)8-6-17(19)13-25(12-15-4-2-1-3-5-15)22(26)16-7-9-20-21(10-16)28-14-27-20/h1-2,6-11,15H,3-5,12-14H2. The molecule has 2 aromatic carbocycles. The quantitative estimate of drug-likeness (QED) is 0.646. The van der Waals surface area contributed by atoms with Crippen LogP contribution in [0.15, 0.2) is 48.6 Å². The summed E-state index contributed by atoms with van der Waals surface area (Å²) in [7, 11) is 0. The number of ether oxygens (including phenoxy) is 2. The van der Waals surface area contributed by atoms with Gasteiger partial charge in [-0.2, -0.15) is 0 Å². The molecule has 0 N–H and O–H groups in total. The highest BCUT2D eigenvalue weighted by Gasteiger charge is 2.24. The molecule has 1 amide bonds. The van der Waals surface area contributed by atoms with E-state index in [1.807, 2.05) is 0 Å². The highest BCUT2D eigenvalue weighted by Crippen LogP contribution is 2.33. The van der Waals surface area contributed by atoms with Gasteiger partial charge in [-0.15, -0.1) is 0 Å². The average Bonchev–Trinajstić information content (AvgIpc) is 3.17. The molecule has 0 saturated heterocycles. The molecule has 1 aliphatic heterocycles. The van der Waals surface area contributed by atoms with Crippen LogP contribution in [0.25, 0.3) is 0 Å². The fourth-order valence-corrected chi connectivity index (χ4v) is 3.85. The van der Waals surface area contributed by atoms with Gasteiger partial charge < -0.3 is 14.4 Å². The summed E-state index contributed by atoms with van der Waals surface area (Å²) in [6, 6.07) is 9.50. The third-order valence-electron chi connectivity index (χ3n) is 5.14. The Bertz CT molecular complexity index is 915. The Kier molecular flexibility index (Phi) is 5.53. The second-order valence-electron chi connectivity index (χ2n) is 7.14. The molecular formula is C22H21ClFNO3. The largest absolute Gasteiger partial charge is 0.454 e. The van der Waals surface area contributed by atoms with E-state index < -0.39 is 0 Å². The van der Waals surface area contributed by atoms with Gasteiger partial charge in [0, 0.05) is 23.7 Å². The molecule has 2 aromatic rings. The summed E-state index contributed by atoms with van der Waals surface area (Å²) in [6.45, 7) is 1.11. The van der Waals surface area contributed by atoms with E-state index in [-0.39, 0.29) is 18.5 Å². The number of hydrogen-bond acceptors (Lipinski definition) is 3. The van der Waals surface area contributed by atoms with Gasteiger partial charge >= 0.3 is 0 Å². The molecule has 1 aliphatic carbocycles. The van der Waals surface area contributed by atoms with Crippen molar-refractivity contribution in [2.45, 2.75) is 25.8 Å². The van der Waals surface area contributed by atoms with Crippen molar-refractivity contribution in [3.63, 3.8) is 0 Å². The fourth-order valence-electron chi connectivity index (χ4n) is 3.62. The predicted octanol–water partition coefficient (Wildman–Crippen LogP) is 5.21. The first-order valence-electron chi connectivity index (χ1n) is 9.38. The van der Waals surface area contributed by atoms with Gasteiger partial charge in [0.25, 0.3) is 5.91 Å². The van der Waals surface area contributed by atoms with Gasteiger partial charge in [0.1, 0.15) is 5.82 Å². The van der Waals surface area contributed by atoms with E-state index in [1.165, 1.54) is 12.1 Å². The highest BCUT2D eigenvalue weighted by molar-refractivity contribution is 6.31. The Morgan fingerprint density at radius 2 is 2.00 bits per heavy atom. The van der Waals surface area contributed by atoms with Crippen LogP contribution in [0.4, 0.5) is 4.39 Å². The van der Waals surface area contributed by atoms with Crippen molar-refractivity contribution in [2.75, 3.05) is 13.3 Å². The van der Waals surface area contributed by atoms with Crippen molar-refractivity contribution in [3.05, 3.63) is 70.5 Å². The molecule has 0 saturated carbocycles. The molecule has 0 aromatic heterocycles. The van der Waals surface area contributed by atoms with E-state index in [0.29, 0.717) is 41.1 Å². The SMILES string of the molecule is O=C(c1ccc2c(c1)OCO2)N(Cc1ccc(F)cc1Cl)CC1CC=CCC1. The molecule has 1 atom stereocenters. The first kappa shape index (κ1) is 18.8. The van der Waals surface area contributed by atoms with Crippen molar-refractivity contribution in [1.82, 2.24) is 4.90 Å². The van der Waals surface area contributed by atoms with E-state index in [9.17, 15) is 9.18 Å². The number of nitrogens with zero attached hydrogens (tertiary/aromatic N) is 1. The monoisotopic (exact) mass is 401 g/mol. The van der Waals surface area contributed by atoms with Crippen molar-refractivity contribution in [1.29, 1.82) is 0 Å². The molecule has 0 radical (unpaired) electrons. The Hall–Kier alpha value is -2.53. The van der Waals surface area contributed by atoms with Crippen molar-refractivity contribution < 1.29 is 18.7 Å². The molecule has 146 valence electrons. The Morgan fingerprint density at radius 1 is 1.14 bits per heavy atom. The summed E-state index contributed by atoms with van der Waals surface area (Å²) in [6.07, 6.45) is 7.36. The van der Waals surface area contributed by atoms with Gasteiger partial charge in [-0.25, -0.2) is 4.39 Å². The van der Waals surface area contributed by atoms with Crippen molar-refractivity contribution >= 4 is 17.5 Å². The Morgan fingerprint density at radius 3 is 2.79 bits per heavy atom. The normalized spacial score (nSPS) is 17.6. The number of halogens is 2. The molecule has 28 heavy (non-hydrogen) atoms. The van der Waals surface area contributed by atoms with Gasteiger partial charge in [0.05, 0.1) is 0 Å². The average molecular weight is 402 g/mol. The lowest BCUT2D eigenvalue weighted by Crippen LogP contribution is -2.35. The van der Waals surface area contributed by atoms with Gasteiger partial charge in [-0.05, 0) is 61.1 Å². The second-order valence-corrected chi connectivity index (χ2v) is 7.55. The maximum atomic E-state index is 13.4.